The van der Waals surface area contributed by atoms with E-state index in [-0.39, 0.29) is 5.69 Å². The van der Waals surface area contributed by atoms with Gasteiger partial charge in [0.2, 0.25) is 5.82 Å². The predicted octanol–water partition coefficient (Wildman–Crippen LogP) is 2.88. The van der Waals surface area contributed by atoms with E-state index in [1.54, 1.807) is 25.1 Å². The molecule has 0 aliphatic rings. The zero-order valence-corrected chi connectivity index (χ0v) is 11.1. The van der Waals surface area contributed by atoms with Crippen LogP contribution in [0.5, 0.6) is 0 Å². The van der Waals surface area contributed by atoms with Gasteiger partial charge in [0, 0.05) is 29.1 Å². The van der Waals surface area contributed by atoms with Crippen molar-refractivity contribution in [1.82, 2.24) is 0 Å². The van der Waals surface area contributed by atoms with E-state index >= 15 is 0 Å². The van der Waals surface area contributed by atoms with E-state index in [1.807, 2.05) is 0 Å². The summed E-state index contributed by atoms with van der Waals surface area (Å²) in [6, 6.07) is 8.05. The van der Waals surface area contributed by atoms with Crippen LogP contribution in [-0.2, 0) is 0 Å². The highest BCUT2D eigenvalue weighted by atomic mass is 19.1. The Kier molecular flexibility index (Phi) is 3.84. The van der Waals surface area contributed by atoms with Crippen LogP contribution in [0, 0.1) is 22.9 Å². The van der Waals surface area contributed by atoms with Crippen LogP contribution in [0.15, 0.2) is 36.4 Å². The van der Waals surface area contributed by atoms with Crippen LogP contribution in [0.25, 0.3) is 0 Å². The summed E-state index contributed by atoms with van der Waals surface area (Å²) >= 11 is 0. The number of benzene rings is 2. The number of halogens is 1. The van der Waals surface area contributed by atoms with Gasteiger partial charge in [0.05, 0.1) is 4.92 Å². The molecule has 0 saturated heterocycles. The molecule has 0 bridgehead atoms. The van der Waals surface area contributed by atoms with Crippen molar-refractivity contribution in [1.29, 1.82) is 0 Å². The SMILES string of the molecule is Cc1c(N)cccc1C(=O)Nc1ccc([N+](=O)[O-])c(F)c1. The van der Waals surface area contributed by atoms with Crippen molar-refractivity contribution in [2.45, 2.75) is 6.92 Å². The zero-order chi connectivity index (χ0) is 15.6. The molecule has 0 fully saturated rings. The minimum absolute atomic E-state index is 0.130. The molecular weight excluding hydrogens is 277 g/mol. The molecule has 0 aliphatic carbocycles. The molecule has 0 aliphatic heterocycles. The van der Waals surface area contributed by atoms with E-state index in [0.29, 0.717) is 16.8 Å². The Labute approximate surface area is 119 Å². The molecule has 2 aromatic rings. The second-order valence-electron chi connectivity index (χ2n) is 4.40. The normalized spacial score (nSPS) is 10.2. The van der Waals surface area contributed by atoms with Gasteiger partial charge in [-0.2, -0.15) is 4.39 Å². The molecule has 0 spiro atoms. The second kappa shape index (κ2) is 5.58. The third kappa shape index (κ3) is 2.97. The summed E-state index contributed by atoms with van der Waals surface area (Å²) in [7, 11) is 0. The lowest BCUT2D eigenvalue weighted by Gasteiger charge is -2.09. The van der Waals surface area contributed by atoms with Gasteiger partial charge in [-0.05, 0) is 30.7 Å². The van der Waals surface area contributed by atoms with Gasteiger partial charge < -0.3 is 11.1 Å². The number of nitro groups is 1. The monoisotopic (exact) mass is 289 g/mol. The number of rotatable bonds is 3. The molecule has 108 valence electrons. The minimum atomic E-state index is -1.01. The molecule has 6 nitrogen and oxygen atoms in total. The third-order valence-electron chi connectivity index (χ3n) is 3.02. The van der Waals surface area contributed by atoms with Crippen LogP contribution >= 0.6 is 0 Å². The van der Waals surface area contributed by atoms with Crippen molar-refractivity contribution >= 4 is 23.0 Å². The highest BCUT2D eigenvalue weighted by molar-refractivity contribution is 6.06. The van der Waals surface area contributed by atoms with Crippen molar-refractivity contribution in [3.05, 3.63) is 63.5 Å². The Hall–Kier alpha value is -2.96. The first kappa shape index (κ1) is 14.4. The van der Waals surface area contributed by atoms with Crippen LogP contribution < -0.4 is 11.1 Å². The Bertz CT molecular complexity index is 731. The van der Waals surface area contributed by atoms with Gasteiger partial charge in [0.25, 0.3) is 5.91 Å². The van der Waals surface area contributed by atoms with E-state index in [9.17, 15) is 19.3 Å². The van der Waals surface area contributed by atoms with E-state index in [1.165, 1.54) is 6.07 Å². The molecule has 7 heteroatoms. The smallest absolute Gasteiger partial charge is 0.304 e. The standard InChI is InChI=1S/C14H12FN3O3/c1-8-10(3-2-4-12(8)16)14(19)17-9-5-6-13(18(20)21)11(15)7-9/h2-7H,16H2,1H3,(H,17,19). The lowest BCUT2D eigenvalue weighted by molar-refractivity contribution is -0.387. The number of carbonyl (C=O) groups excluding carboxylic acids is 1. The Morgan fingerprint density at radius 1 is 1.33 bits per heavy atom. The number of nitrogens with zero attached hydrogens (tertiary/aromatic N) is 1. The van der Waals surface area contributed by atoms with Crippen LogP contribution in [0.2, 0.25) is 0 Å². The molecule has 0 saturated carbocycles. The maximum absolute atomic E-state index is 13.5. The summed E-state index contributed by atoms with van der Waals surface area (Å²) in [4.78, 5) is 21.8. The average Bonchev–Trinajstić information content (AvgIpc) is 2.41. The van der Waals surface area contributed by atoms with Crippen LogP contribution in [0.4, 0.5) is 21.5 Å². The molecule has 0 heterocycles. The number of anilines is 2. The Morgan fingerprint density at radius 3 is 2.67 bits per heavy atom. The first-order chi connectivity index (χ1) is 9.90. The summed E-state index contributed by atoms with van der Waals surface area (Å²) in [5.41, 5.74) is 6.63. The quantitative estimate of drug-likeness (QED) is 0.515. The van der Waals surface area contributed by atoms with Crippen molar-refractivity contribution in [3.63, 3.8) is 0 Å². The fourth-order valence-electron chi connectivity index (χ4n) is 1.83. The topological polar surface area (TPSA) is 98.3 Å². The molecule has 21 heavy (non-hydrogen) atoms. The minimum Gasteiger partial charge on any atom is -0.398 e. The predicted molar refractivity (Wildman–Crippen MR) is 76.6 cm³/mol. The van der Waals surface area contributed by atoms with Crippen molar-refractivity contribution in [2.75, 3.05) is 11.1 Å². The van der Waals surface area contributed by atoms with Gasteiger partial charge in [-0.1, -0.05) is 6.07 Å². The highest BCUT2D eigenvalue weighted by Gasteiger charge is 2.16. The van der Waals surface area contributed by atoms with Crippen LogP contribution in [0.3, 0.4) is 0 Å². The summed E-state index contributed by atoms with van der Waals surface area (Å²) < 4.78 is 13.5. The fraction of sp³-hybridized carbons (Fsp3) is 0.0714. The third-order valence-corrected chi connectivity index (χ3v) is 3.02. The molecule has 0 radical (unpaired) electrons. The molecule has 2 rings (SSSR count). The van der Waals surface area contributed by atoms with Crippen LogP contribution in [-0.4, -0.2) is 10.8 Å². The second-order valence-corrected chi connectivity index (χ2v) is 4.40. The average molecular weight is 289 g/mol. The summed E-state index contributed by atoms with van der Waals surface area (Å²) in [5, 5.41) is 13.0. The number of nitro benzene ring substituents is 1. The largest absolute Gasteiger partial charge is 0.398 e. The van der Waals surface area contributed by atoms with E-state index in [0.717, 1.165) is 12.1 Å². The number of hydrogen-bond acceptors (Lipinski definition) is 4. The number of amides is 1. The van der Waals surface area contributed by atoms with Gasteiger partial charge in [0.15, 0.2) is 0 Å². The lowest BCUT2D eigenvalue weighted by Crippen LogP contribution is -2.14. The number of nitrogen functional groups attached to an aromatic ring is 1. The molecule has 1 amide bonds. The van der Waals surface area contributed by atoms with Gasteiger partial charge in [-0.25, -0.2) is 0 Å². The molecular formula is C14H12FN3O3. The van der Waals surface area contributed by atoms with Crippen molar-refractivity contribution < 1.29 is 14.1 Å². The summed E-state index contributed by atoms with van der Waals surface area (Å²) in [6.45, 7) is 1.70. The maximum atomic E-state index is 13.5. The molecule has 2 aromatic carbocycles. The number of hydrogen-bond donors (Lipinski definition) is 2. The Morgan fingerprint density at radius 2 is 2.05 bits per heavy atom. The molecule has 0 aromatic heterocycles. The summed E-state index contributed by atoms with van der Waals surface area (Å²) in [5.74, 6) is -1.48. The molecule has 0 unspecified atom stereocenters. The van der Waals surface area contributed by atoms with E-state index in [4.69, 9.17) is 5.73 Å². The molecule has 3 N–H and O–H groups in total. The number of nitrogens with one attached hydrogen (secondary N) is 1. The van der Waals surface area contributed by atoms with Crippen LogP contribution in [0.1, 0.15) is 15.9 Å². The first-order valence-electron chi connectivity index (χ1n) is 6.00. The van der Waals surface area contributed by atoms with Crippen molar-refractivity contribution in [3.8, 4) is 0 Å². The number of nitrogens with two attached hydrogens (primary N) is 1. The van der Waals surface area contributed by atoms with E-state index in [2.05, 4.69) is 5.32 Å². The van der Waals surface area contributed by atoms with Gasteiger partial charge in [-0.15, -0.1) is 0 Å². The first-order valence-corrected chi connectivity index (χ1v) is 6.00. The maximum Gasteiger partial charge on any atom is 0.304 e. The van der Waals surface area contributed by atoms with Gasteiger partial charge in [0.1, 0.15) is 0 Å². The number of carbonyl (C=O) groups is 1. The van der Waals surface area contributed by atoms with Crippen molar-refractivity contribution in [2.24, 2.45) is 0 Å². The van der Waals surface area contributed by atoms with E-state index < -0.39 is 22.3 Å². The van der Waals surface area contributed by atoms with Gasteiger partial charge >= 0.3 is 5.69 Å². The zero-order valence-electron chi connectivity index (χ0n) is 11.1. The Balaban J connectivity index is 2.26. The summed E-state index contributed by atoms with van der Waals surface area (Å²) in [6.07, 6.45) is 0. The molecule has 0 atom stereocenters. The highest BCUT2D eigenvalue weighted by Crippen LogP contribution is 2.22. The fourth-order valence-corrected chi connectivity index (χ4v) is 1.83. The lowest BCUT2D eigenvalue weighted by atomic mass is 10.1. The van der Waals surface area contributed by atoms with Gasteiger partial charge in [-0.3, -0.25) is 14.9 Å².